The van der Waals surface area contributed by atoms with Gasteiger partial charge in [0.2, 0.25) is 10.0 Å². The van der Waals surface area contributed by atoms with Gasteiger partial charge in [-0.3, -0.25) is 0 Å². The summed E-state index contributed by atoms with van der Waals surface area (Å²) in [5.41, 5.74) is 1.25. The number of hydrogen-bond donors (Lipinski definition) is 1. The first-order chi connectivity index (χ1) is 16.1. The molecule has 0 heterocycles. The summed E-state index contributed by atoms with van der Waals surface area (Å²) < 4.78 is 55.4. The van der Waals surface area contributed by atoms with Crippen molar-refractivity contribution in [3.63, 3.8) is 0 Å². The topological polar surface area (TPSA) is 97.5 Å². The number of benzene rings is 4. The summed E-state index contributed by atoms with van der Waals surface area (Å²) in [6, 6.07) is 26.5. The summed E-state index contributed by atoms with van der Waals surface area (Å²) in [5, 5.41) is 5.48. The highest BCUT2D eigenvalue weighted by atomic mass is 79.9. The lowest BCUT2D eigenvalue weighted by atomic mass is 10.1. The smallest absolute Gasteiger partial charge is 0.235 e. The van der Waals surface area contributed by atoms with Gasteiger partial charge in [-0.25, -0.2) is 26.3 Å². The van der Waals surface area contributed by atoms with E-state index in [1.807, 2.05) is 0 Å². The molecule has 0 spiro atoms. The lowest BCUT2D eigenvalue weighted by molar-refractivity contribution is 0.594. The van der Waals surface area contributed by atoms with Crippen LogP contribution in [0, 0.1) is 0 Å². The summed E-state index contributed by atoms with van der Waals surface area (Å²) in [5.74, 6) is 0. The fourth-order valence-electron chi connectivity index (χ4n) is 3.54. The Labute approximate surface area is 215 Å². The molecule has 0 amide bonds. The maximum atomic E-state index is 14.2. The zero-order chi connectivity index (χ0) is 24.5. The molecule has 10 heteroatoms. The van der Waals surface area contributed by atoms with Gasteiger partial charge in [0.05, 0.1) is 21.2 Å². The second-order valence-electron chi connectivity index (χ2n) is 7.27. The van der Waals surface area contributed by atoms with Crippen molar-refractivity contribution in [2.24, 2.45) is 5.14 Å². The molecule has 174 valence electrons. The maximum Gasteiger partial charge on any atom is 0.269 e. The standard InChI is InChI=1S/C24H18Br2N2O4S2/c25-17-11-13-21(23(15-17)33(27,29)30)22-14-12-18(26)16-24(22)34(31,32)28(19-7-3-1-4-8-19)20-9-5-2-6-10-20/h1-16H,(H2,27,29,30). The lowest BCUT2D eigenvalue weighted by Crippen LogP contribution is -2.27. The molecule has 4 aromatic carbocycles. The minimum Gasteiger partial charge on any atom is -0.235 e. The lowest BCUT2D eigenvalue weighted by Gasteiger charge is -2.26. The Kier molecular flexibility index (Phi) is 6.97. The molecule has 0 saturated heterocycles. The van der Waals surface area contributed by atoms with Crippen LogP contribution in [-0.2, 0) is 20.0 Å². The van der Waals surface area contributed by atoms with Gasteiger partial charge in [-0.15, -0.1) is 0 Å². The highest BCUT2D eigenvalue weighted by Crippen LogP contribution is 2.39. The Morgan fingerprint density at radius 1 is 0.588 bits per heavy atom. The van der Waals surface area contributed by atoms with Gasteiger partial charge in [0.25, 0.3) is 10.0 Å². The van der Waals surface area contributed by atoms with E-state index in [4.69, 9.17) is 5.14 Å². The fourth-order valence-corrected chi connectivity index (χ4v) is 7.07. The average molecular weight is 622 g/mol. The zero-order valence-electron chi connectivity index (χ0n) is 17.5. The van der Waals surface area contributed by atoms with E-state index in [1.54, 1.807) is 78.9 Å². The third-order valence-electron chi connectivity index (χ3n) is 4.98. The summed E-state index contributed by atoms with van der Waals surface area (Å²) in [6.07, 6.45) is 0. The highest BCUT2D eigenvalue weighted by Gasteiger charge is 2.31. The van der Waals surface area contributed by atoms with Gasteiger partial charge in [-0.1, -0.05) is 80.4 Å². The highest BCUT2D eigenvalue weighted by molar-refractivity contribution is 9.10. The summed E-state index contributed by atoms with van der Waals surface area (Å²) in [7, 11) is -8.38. The third-order valence-corrected chi connectivity index (χ3v) is 8.72. The molecule has 34 heavy (non-hydrogen) atoms. The summed E-state index contributed by atoms with van der Waals surface area (Å²) in [6.45, 7) is 0. The Hall–Kier alpha value is -2.50. The molecule has 0 aliphatic rings. The number of halogens is 2. The van der Waals surface area contributed by atoms with Crippen LogP contribution in [0.4, 0.5) is 11.4 Å². The van der Waals surface area contributed by atoms with Crippen LogP contribution >= 0.6 is 31.9 Å². The Morgan fingerprint density at radius 2 is 1.00 bits per heavy atom. The number of hydrogen-bond acceptors (Lipinski definition) is 4. The first-order valence-corrected chi connectivity index (χ1v) is 14.4. The molecule has 0 radical (unpaired) electrons. The van der Waals surface area contributed by atoms with Crippen LogP contribution in [0.2, 0.25) is 0 Å². The first kappa shape index (κ1) is 24.6. The van der Waals surface area contributed by atoms with Crippen molar-refractivity contribution in [1.82, 2.24) is 0 Å². The third kappa shape index (κ3) is 4.96. The van der Waals surface area contributed by atoms with Gasteiger partial charge < -0.3 is 0 Å². The molecule has 4 aromatic rings. The number of sulfonamides is 2. The molecule has 0 aromatic heterocycles. The van der Waals surface area contributed by atoms with Gasteiger partial charge in [0.15, 0.2) is 0 Å². The predicted octanol–water partition coefficient (Wildman–Crippen LogP) is 6.05. The molecular formula is C24H18Br2N2O4S2. The molecule has 6 nitrogen and oxygen atoms in total. The molecule has 0 unspecified atom stereocenters. The van der Waals surface area contributed by atoms with Crippen LogP contribution in [0.25, 0.3) is 11.1 Å². The van der Waals surface area contributed by atoms with E-state index in [0.29, 0.717) is 20.3 Å². The number of nitrogens with two attached hydrogens (primary N) is 1. The predicted molar refractivity (Wildman–Crippen MR) is 141 cm³/mol. The van der Waals surface area contributed by atoms with E-state index < -0.39 is 20.0 Å². The molecule has 2 N–H and O–H groups in total. The second-order valence-corrected chi connectivity index (χ2v) is 12.4. The fraction of sp³-hybridized carbons (Fsp3) is 0. The van der Waals surface area contributed by atoms with Crippen molar-refractivity contribution in [2.75, 3.05) is 4.31 Å². The Balaban J connectivity index is 2.03. The van der Waals surface area contributed by atoms with Crippen LogP contribution in [0.15, 0.2) is 116 Å². The molecular weight excluding hydrogens is 604 g/mol. The van der Waals surface area contributed by atoms with E-state index in [9.17, 15) is 16.8 Å². The summed E-state index contributed by atoms with van der Waals surface area (Å²) in [4.78, 5) is -0.270. The Morgan fingerprint density at radius 3 is 1.44 bits per heavy atom. The normalized spacial score (nSPS) is 11.9. The molecule has 0 atom stereocenters. The minimum absolute atomic E-state index is 0.0817. The van der Waals surface area contributed by atoms with Gasteiger partial charge in [-0.05, 0) is 48.5 Å². The SMILES string of the molecule is NS(=O)(=O)c1cc(Br)ccc1-c1ccc(Br)cc1S(=O)(=O)N(c1ccccc1)c1ccccc1. The number of primary sulfonamides is 1. The van der Waals surface area contributed by atoms with E-state index in [0.717, 1.165) is 0 Å². The van der Waals surface area contributed by atoms with Gasteiger partial charge in [0.1, 0.15) is 0 Å². The van der Waals surface area contributed by atoms with E-state index in [2.05, 4.69) is 31.9 Å². The molecule has 0 aliphatic heterocycles. The van der Waals surface area contributed by atoms with E-state index in [1.165, 1.54) is 22.5 Å². The molecule has 0 bridgehead atoms. The number of rotatable bonds is 6. The van der Waals surface area contributed by atoms with Crippen molar-refractivity contribution in [3.8, 4) is 11.1 Å². The number of nitrogens with zero attached hydrogens (tertiary/aromatic N) is 1. The van der Waals surface area contributed by atoms with Crippen LogP contribution in [-0.4, -0.2) is 16.8 Å². The van der Waals surface area contributed by atoms with Gasteiger partial charge >= 0.3 is 0 Å². The van der Waals surface area contributed by atoms with Crippen molar-refractivity contribution in [3.05, 3.63) is 106 Å². The first-order valence-electron chi connectivity index (χ1n) is 9.87. The van der Waals surface area contributed by atoms with Crippen LogP contribution in [0.1, 0.15) is 0 Å². The van der Waals surface area contributed by atoms with Crippen molar-refractivity contribution in [2.45, 2.75) is 9.79 Å². The largest absolute Gasteiger partial charge is 0.269 e. The average Bonchev–Trinajstić information content (AvgIpc) is 2.80. The van der Waals surface area contributed by atoms with Crippen molar-refractivity contribution in [1.29, 1.82) is 0 Å². The van der Waals surface area contributed by atoms with Gasteiger partial charge in [-0.2, -0.15) is 0 Å². The number of para-hydroxylation sites is 2. The van der Waals surface area contributed by atoms with Gasteiger partial charge in [0, 0.05) is 20.1 Å². The minimum atomic E-state index is -4.22. The van der Waals surface area contributed by atoms with Crippen molar-refractivity contribution >= 4 is 63.3 Å². The van der Waals surface area contributed by atoms with Crippen molar-refractivity contribution < 1.29 is 16.8 Å². The quantitative estimate of drug-likeness (QED) is 0.283. The monoisotopic (exact) mass is 620 g/mol. The van der Waals surface area contributed by atoms with Crippen LogP contribution in [0.5, 0.6) is 0 Å². The molecule has 0 fully saturated rings. The van der Waals surface area contributed by atoms with E-state index in [-0.39, 0.29) is 20.9 Å². The maximum absolute atomic E-state index is 14.2. The summed E-state index contributed by atoms with van der Waals surface area (Å²) >= 11 is 6.62. The Bertz CT molecular complexity index is 1520. The van der Waals surface area contributed by atoms with Crippen LogP contribution < -0.4 is 9.44 Å². The molecule has 4 rings (SSSR count). The van der Waals surface area contributed by atoms with E-state index >= 15 is 0 Å². The second kappa shape index (κ2) is 9.63. The molecule has 0 aliphatic carbocycles. The zero-order valence-corrected chi connectivity index (χ0v) is 22.3. The van der Waals surface area contributed by atoms with Crippen LogP contribution in [0.3, 0.4) is 0 Å². The number of anilines is 2. The molecule has 0 saturated carbocycles.